The number of halogens is 3. The fourth-order valence-corrected chi connectivity index (χ4v) is 6.12. The van der Waals surface area contributed by atoms with E-state index in [1.54, 1.807) is 53.8 Å². The van der Waals surface area contributed by atoms with Crippen LogP contribution in [0.2, 0.25) is 0 Å². The topological polar surface area (TPSA) is 154 Å². The van der Waals surface area contributed by atoms with Gasteiger partial charge in [-0.05, 0) is 72.7 Å². The quantitative estimate of drug-likeness (QED) is 0.268. The second-order valence-corrected chi connectivity index (χ2v) is 15.3. The van der Waals surface area contributed by atoms with Crippen molar-refractivity contribution in [3.05, 3.63) is 41.9 Å². The molecule has 2 aliphatic heterocycles. The number of anilines is 3. The van der Waals surface area contributed by atoms with Crippen LogP contribution in [0.15, 0.2) is 35.1 Å². The van der Waals surface area contributed by atoms with Gasteiger partial charge in [0.15, 0.2) is 5.58 Å². The number of likely N-dealkylation sites (N-methyl/N-ethyl adjacent to an activating group) is 1. The maximum Gasteiger partial charge on any atom is 0.414 e. The number of piperazine rings is 1. The number of pyridine rings is 2. The van der Waals surface area contributed by atoms with E-state index in [4.69, 9.17) is 13.9 Å². The Kier molecular flexibility index (Phi) is 11.2. The molecule has 2 atom stereocenters. The number of aromatic nitrogens is 2. The van der Waals surface area contributed by atoms with Gasteiger partial charge in [-0.15, -0.1) is 0 Å². The first-order chi connectivity index (χ1) is 24.2. The minimum absolute atomic E-state index is 0.00354. The molecule has 3 N–H and O–H groups in total. The molecule has 0 radical (unpaired) electrons. The first-order valence-electron chi connectivity index (χ1n) is 17.1. The molecule has 14 nitrogen and oxygen atoms in total. The maximum absolute atomic E-state index is 14.2. The fraction of sp³-hybridized carbons (Fsp3) is 0.571. The lowest BCUT2D eigenvalue weighted by atomic mass is 9.93. The first kappa shape index (κ1) is 38.6. The van der Waals surface area contributed by atoms with Crippen molar-refractivity contribution in [2.45, 2.75) is 77.9 Å². The third-order valence-electron chi connectivity index (χ3n) is 8.45. The molecule has 52 heavy (non-hydrogen) atoms. The molecule has 0 aliphatic carbocycles. The SMILES string of the molecule is CN1CCN(Cc2cnc3c(C(=O)Nc4cnccc4N4CC(NC(=O)OC(C)(C)C)CC(C(F)(F)F)C4)c(NC(=O)OC(C)(C)C)oc3c2)CC1. The predicted molar refractivity (Wildman–Crippen MR) is 188 cm³/mol. The van der Waals surface area contributed by atoms with Crippen molar-refractivity contribution < 1.29 is 41.4 Å². The van der Waals surface area contributed by atoms with E-state index in [0.29, 0.717) is 6.54 Å². The lowest BCUT2D eigenvalue weighted by molar-refractivity contribution is -0.177. The number of nitrogens with one attached hydrogen (secondary N) is 3. The first-order valence-corrected chi connectivity index (χ1v) is 17.1. The molecule has 2 fully saturated rings. The smallest absolute Gasteiger partial charge is 0.414 e. The van der Waals surface area contributed by atoms with Crippen LogP contribution in [0.5, 0.6) is 0 Å². The Hall–Kier alpha value is -4.64. The van der Waals surface area contributed by atoms with E-state index >= 15 is 0 Å². The molecule has 2 aliphatic rings. The van der Waals surface area contributed by atoms with Crippen molar-refractivity contribution in [2.75, 3.05) is 61.8 Å². The number of alkyl halides is 3. The minimum atomic E-state index is -4.56. The van der Waals surface area contributed by atoms with Crippen LogP contribution in [-0.4, -0.2) is 108 Å². The molecule has 2 saturated heterocycles. The van der Waals surface area contributed by atoms with Gasteiger partial charge in [-0.2, -0.15) is 13.2 Å². The third kappa shape index (κ3) is 10.2. The zero-order valence-corrected chi connectivity index (χ0v) is 30.5. The summed E-state index contributed by atoms with van der Waals surface area (Å²) in [6.45, 7) is 13.8. The number of carbonyl (C=O) groups is 3. The van der Waals surface area contributed by atoms with Crippen molar-refractivity contribution in [3.8, 4) is 0 Å². The summed E-state index contributed by atoms with van der Waals surface area (Å²) in [6.07, 6.45) is -2.26. The Balaban J connectivity index is 1.44. The van der Waals surface area contributed by atoms with Gasteiger partial charge in [-0.3, -0.25) is 25.0 Å². The zero-order valence-electron chi connectivity index (χ0n) is 30.5. The summed E-state index contributed by atoms with van der Waals surface area (Å²) in [5, 5.41) is 7.84. The molecule has 284 valence electrons. The largest absolute Gasteiger partial charge is 0.444 e. The van der Waals surface area contributed by atoms with Crippen LogP contribution in [0.25, 0.3) is 11.1 Å². The van der Waals surface area contributed by atoms with Crippen LogP contribution in [0.3, 0.4) is 0 Å². The number of ether oxygens (including phenoxy) is 2. The Morgan fingerprint density at radius 2 is 1.62 bits per heavy atom. The van der Waals surface area contributed by atoms with E-state index in [9.17, 15) is 27.6 Å². The minimum Gasteiger partial charge on any atom is -0.444 e. The summed E-state index contributed by atoms with van der Waals surface area (Å²) in [5.74, 6) is -2.76. The highest BCUT2D eigenvalue weighted by Gasteiger charge is 2.45. The molecule has 3 amide bonds. The highest BCUT2D eigenvalue weighted by atomic mass is 19.4. The second kappa shape index (κ2) is 15.1. The van der Waals surface area contributed by atoms with E-state index < -0.39 is 54.0 Å². The molecule has 3 aromatic heterocycles. The summed E-state index contributed by atoms with van der Waals surface area (Å²) in [6, 6.07) is 2.32. The molecular weight excluding hydrogens is 685 g/mol. The Morgan fingerprint density at radius 3 is 2.27 bits per heavy atom. The van der Waals surface area contributed by atoms with Gasteiger partial charge in [-0.1, -0.05) is 0 Å². The number of hydrogen-bond acceptors (Lipinski definition) is 11. The number of furan rings is 1. The van der Waals surface area contributed by atoms with E-state index in [1.807, 2.05) is 0 Å². The van der Waals surface area contributed by atoms with Gasteiger partial charge in [0.25, 0.3) is 5.91 Å². The Morgan fingerprint density at radius 1 is 0.942 bits per heavy atom. The van der Waals surface area contributed by atoms with Gasteiger partial charge in [0.2, 0.25) is 5.88 Å². The van der Waals surface area contributed by atoms with Crippen molar-refractivity contribution >= 4 is 46.5 Å². The number of hydrogen-bond donors (Lipinski definition) is 3. The average molecular weight is 733 g/mol. The van der Waals surface area contributed by atoms with Crippen molar-refractivity contribution in [1.29, 1.82) is 0 Å². The number of alkyl carbamates (subject to hydrolysis) is 1. The number of piperidine rings is 1. The highest BCUT2D eigenvalue weighted by Crippen LogP contribution is 2.38. The Bertz CT molecular complexity index is 1760. The second-order valence-electron chi connectivity index (χ2n) is 15.3. The summed E-state index contributed by atoms with van der Waals surface area (Å²) in [5.41, 5.74) is -0.230. The molecule has 17 heteroatoms. The summed E-state index contributed by atoms with van der Waals surface area (Å²) >= 11 is 0. The molecule has 0 saturated carbocycles. The predicted octanol–water partition coefficient (Wildman–Crippen LogP) is 5.85. The third-order valence-corrected chi connectivity index (χ3v) is 8.45. The summed E-state index contributed by atoms with van der Waals surface area (Å²) in [4.78, 5) is 54.1. The van der Waals surface area contributed by atoms with Crippen LogP contribution in [0.1, 0.15) is 63.9 Å². The van der Waals surface area contributed by atoms with Gasteiger partial charge in [-0.25, -0.2) is 9.59 Å². The van der Waals surface area contributed by atoms with Gasteiger partial charge in [0.05, 0.1) is 29.5 Å². The van der Waals surface area contributed by atoms with Crippen LogP contribution in [0.4, 0.5) is 40.0 Å². The molecule has 5 rings (SSSR count). The zero-order chi connectivity index (χ0) is 38.0. The summed E-state index contributed by atoms with van der Waals surface area (Å²) in [7, 11) is 2.07. The standard InChI is InChI=1S/C35H47F3N8O6/c1-33(2,3)51-31(48)41-23-15-22(35(36,37)38)19-46(20-23)25-8-9-39-17-24(25)42-29(47)27-28-26(50-30(27)43-32(49)52-34(4,5)6)14-21(16-40-28)18-45-12-10-44(7)11-13-45/h8-9,14,16-17,22-23H,10-13,15,18-20H2,1-7H3,(H,41,48)(H,42,47)(H,43,49). The average Bonchev–Trinajstić information content (AvgIpc) is 3.36. The van der Waals surface area contributed by atoms with Crippen LogP contribution in [0, 0.1) is 5.92 Å². The number of fused-ring (bicyclic) bond motifs is 1. The van der Waals surface area contributed by atoms with Crippen molar-refractivity contribution in [1.82, 2.24) is 25.1 Å². The lowest BCUT2D eigenvalue weighted by Crippen LogP contribution is -2.54. The van der Waals surface area contributed by atoms with E-state index in [-0.39, 0.29) is 46.9 Å². The monoisotopic (exact) mass is 732 g/mol. The van der Waals surface area contributed by atoms with E-state index in [1.165, 1.54) is 23.4 Å². The molecule has 0 spiro atoms. The molecule has 3 aromatic rings. The van der Waals surface area contributed by atoms with Crippen LogP contribution < -0.4 is 20.9 Å². The van der Waals surface area contributed by atoms with E-state index in [0.717, 1.165) is 31.7 Å². The Labute approximate surface area is 300 Å². The number of nitrogens with zero attached hydrogens (tertiary/aromatic N) is 5. The molecule has 0 bridgehead atoms. The lowest BCUT2D eigenvalue weighted by Gasteiger charge is -2.40. The van der Waals surface area contributed by atoms with Gasteiger partial charge in [0, 0.05) is 58.2 Å². The molecule has 5 heterocycles. The van der Waals surface area contributed by atoms with Crippen LogP contribution >= 0.6 is 0 Å². The molecule has 0 aromatic carbocycles. The molecular formula is C35H47F3N8O6. The fourth-order valence-electron chi connectivity index (χ4n) is 6.12. The van der Waals surface area contributed by atoms with Crippen molar-refractivity contribution in [2.24, 2.45) is 5.92 Å². The molecule has 2 unspecified atom stereocenters. The number of carbonyl (C=O) groups excluding carboxylic acids is 3. The highest BCUT2D eigenvalue weighted by molar-refractivity contribution is 6.16. The van der Waals surface area contributed by atoms with E-state index in [2.05, 4.69) is 42.8 Å². The van der Waals surface area contributed by atoms with Crippen LogP contribution in [-0.2, 0) is 16.0 Å². The van der Waals surface area contributed by atoms with Crippen molar-refractivity contribution in [3.63, 3.8) is 0 Å². The summed E-state index contributed by atoms with van der Waals surface area (Å²) < 4.78 is 59.2. The van der Waals surface area contributed by atoms with Gasteiger partial charge in [0.1, 0.15) is 22.3 Å². The number of rotatable bonds is 7. The van der Waals surface area contributed by atoms with Gasteiger partial charge < -0.3 is 34.3 Å². The van der Waals surface area contributed by atoms with Gasteiger partial charge >= 0.3 is 18.4 Å². The maximum atomic E-state index is 14.2. The normalized spacial score (nSPS) is 19.3. The number of amides is 3.